The van der Waals surface area contributed by atoms with Crippen LogP contribution in [0.5, 0.6) is 0 Å². The van der Waals surface area contributed by atoms with E-state index in [1.807, 2.05) is 6.07 Å². The van der Waals surface area contributed by atoms with E-state index in [1.54, 1.807) is 0 Å². The molecule has 114 valence electrons. The SMILES string of the molecule is Cc1ccc(C(N)=S)c(NC2C3(C)CCC(C3)C2(C)C)c1. The minimum Gasteiger partial charge on any atom is -0.389 e. The summed E-state index contributed by atoms with van der Waals surface area (Å²) in [6.07, 6.45) is 4.04. The van der Waals surface area contributed by atoms with Crippen molar-refractivity contribution in [1.29, 1.82) is 0 Å². The minimum absolute atomic E-state index is 0.324. The third-order valence-corrected chi connectivity index (χ3v) is 6.23. The van der Waals surface area contributed by atoms with Crippen LogP contribution in [0.4, 0.5) is 5.69 Å². The zero-order valence-electron chi connectivity index (χ0n) is 13.5. The largest absolute Gasteiger partial charge is 0.389 e. The number of rotatable bonds is 3. The first-order chi connectivity index (χ1) is 9.74. The molecule has 2 fully saturated rings. The Kier molecular flexibility index (Phi) is 3.32. The zero-order valence-corrected chi connectivity index (χ0v) is 14.3. The van der Waals surface area contributed by atoms with Crippen molar-refractivity contribution in [2.75, 3.05) is 5.32 Å². The second-order valence-electron chi connectivity index (χ2n) is 7.91. The highest BCUT2D eigenvalue weighted by Gasteiger charge is 2.59. The van der Waals surface area contributed by atoms with Crippen LogP contribution in [0.3, 0.4) is 0 Å². The molecule has 0 aromatic heterocycles. The molecule has 0 amide bonds. The van der Waals surface area contributed by atoms with Crippen molar-refractivity contribution in [2.45, 2.75) is 53.0 Å². The van der Waals surface area contributed by atoms with Gasteiger partial charge in [-0.2, -0.15) is 0 Å². The Hall–Kier alpha value is -1.09. The summed E-state index contributed by atoms with van der Waals surface area (Å²) >= 11 is 5.22. The zero-order chi connectivity index (χ0) is 15.4. The fourth-order valence-electron chi connectivity index (χ4n) is 4.81. The van der Waals surface area contributed by atoms with E-state index < -0.39 is 0 Å². The minimum atomic E-state index is 0.324. The molecule has 2 aliphatic rings. The molecular weight excluding hydrogens is 276 g/mol. The molecule has 3 rings (SSSR count). The van der Waals surface area contributed by atoms with Gasteiger partial charge in [-0.25, -0.2) is 0 Å². The molecule has 3 N–H and O–H groups in total. The Morgan fingerprint density at radius 2 is 2.05 bits per heavy atom. The van der Waals surface area contributed by atoms with Crippen LogP contribution in [0, 0.1) is 23.7 Å². The Morgan fingerprint density at radius 3 is 2.62 bits per heavy atom. The molecule has 0 radical (unpaired) electrons. The topological polar surface area (TPSA) is 38.0 Å². The second kappa shape index (κ2) is 4.70. The van der Waals surface area contributed by atoms with Gasteiger partial charge < -0.3 is 11.1 Å². The lowest BCUT2D eigenvalue weighted by atomic mass is 9.68. The summed E-state index contributed by atoms with van der Waals surface area (Å²) < 4.78 is 0. The van der Waals surface area contributed by atoms with Crippen molar-refractivity contribution < 1.29 is 0 Å². The summed E-state index contributed by atoms with van der Waals surface area (Å²) in [6, 6.07) is 6.79. The van der Waals surface area contributed by atoms with E-state index in [4.69, 9.17) is 18.0 Å². The number of benzene rings is 1. The lowest BCUT2D eigenvalue weighted by Crippen LogP contribution is -2.46. The number of thiocarbonyl (C=S) groups is 1. The maximum absolute atomic E-state index is 5.91. The molecule has 2 bridgehead atoms. The molecule has 21 heavy (non-hydrogen) atoms. The third kappa shape index (κ3) is 2.26. The third-order valence-electron chi connectivity index (χ3n) is 6.01. The van der Waals surface area contributed by atoms with Gasteiger partial charge in [0, 0.05) is 17.3 Å². The van der Waals surface area contributed by atoms with Gasteiger partial charge in [0.05, 0.1) is 0 Å². The summed E-state index contributed by atoms with van der Waals surface area (Å²) in [4.78, 5) is 0.476. The van der Waals surface area contributed by atoms with E-state index in [0.29, 0.717) is 21.9 Å². The number of anilines is 1. The summed E-state index contributed by atoms with van der Waals surface area (Å²) in [6.45, 7) is 9.38. The van der Waals surface area contributed by atoms with Crippen LogP contribution < -0.4 is 11.1 Å². The van der Waals surface area contributed by atoms with Crippen molar-refractivity contribution >= 4 is 22.9 Å². The van der Waals surface area contributed by atoms with Crippen molar-refractivity contribution in [2.24, 2.45) is 22.5 Å². The highest BCUT2D eigenvalue weighted by Crippen LogP contribution is 2.63. The van der Waals surface area contributed by atoms with Crippen LogP contribution in [0.25, 0.3) is 0 Å². The Morgan fingerprint density at radius 1 is 1.33 bits per heavy atom. The highest BCUT2D eigenvalue weighted by molar-refractivity contribution is 7.80. The molecule has 0 saturated heterocycles. The van der Waals surface area contributed by atoms with Gasteiger partial charge in [-0.1, -0.05) is 39.1 Å². The molecular formula is C18H26N2S. The van der Waals surface area contributed by atoms with Gasteiger partial charge in [-0.15, -0.1) is 0 Å². The maximum Gasteiger partial charge on any atom is 0.106 e. The molecule has 3 heteroatoms. The molecule has 2 saturated carbocycles. The fraction of sp³-hybridized carbons (Fsp3) is 0.611. The number of nitrogens with two attached hydrogens (primary N) is 1. The van der Waals surface area contributed by atoms with Crippen LogP contribution in [0.1, 0.15) is 51.2 Å². The van der Waals surface area contributed by atoms with Gasteiger partial charge in [-0.3, -0.25) is 0 Å². The maximum atomic E-state index is 5.91. The average Bonchev–Trinajstić information content (AvgIpc) is 2.85. The van der Waals surface area contributed by atoms with Crippen molar-refractivity contribution in [3.05, 3.63) is 29.3 Å². The van der Waals surface area contributed by atoms with E-state index in [-0.39, 0.29) is 0 Å². The number of hydrogen-bond acceptors (Lipinski definition) is 2. The first kappa shape index (κ1) is 14.8. The fourth-order valence-corrected chi connectivity index (χ4v) is 4.99. The monoisotopic (exact) mass is 302 g/mol. The summed E-state index contributed by atoms with van der Waals surface area (Å²) in [5.74, 6) is 0.832. The smallest absolute Gasteiger partial charge is 0.106 e. The standard InChI is InChI=1S/C18H26N2S/c1-11-5-6-13(15(19)21)14(9-11)20-16-17(2,3)12-7-8-18(16,4)10-12/h5-6,9,12,16,20H,7-8,10H2,1-4H3,(H2,19,21). The molecule has 2 nitrogen and oxygen atoms in total. The molecule has 2 aliphatic carbocycles. The Labute approximate surface area is 133 Å². The van der Waals surface area contributed by atoms with E-state index in [0.717, 1.165) is 17.2 Å². The first-order valence-corrected chi connectivity index (χ1v) is 8.32. The number of fused-ring (bicyclic) bond motifs is 2. The summed E-state index contributed by atoms with van der Waals surface area (Å²) in [5, 5.41) is 3.83. The number of nitrogens with one attached hydrogen (secondary N) is 1. The van der Waals surface area contributed by atoms with Crippen LogP contribution in [-0.2, 0) is 0 Å². The van der Waals surface area contributed by atoms with Gasteiger partial charge in [-0.05, 0) is 60.6 Å². The van der Waals surface area contributed by atoms with E-state index in [1.165, 1.54) is 24.8 Å². The second-order valence-corrected chi connectivity index (χ2v) is 8.35. The van der Waals surface area contributed by atoms with Gasteiger partial charge in [0.2, 0.25) is 0 Å². The van der Waals surface area contributed by atoms with Crippen LogP contribution in [0.15, 0.2) is 18.2 Å². The van der Waals surface area contributed by atoms with Gasteiger partial charge in [0.25, 0.3) is 0 Å². The van der Waals surface area contributed by atoms with Gasteiger partial charge >= 0.3 is 0 Å². The summed E-state index contributed by atoms with van der Waals surface area (Å²) in [5.41, 5.74) is 9.94. The van der Waals surface area contributed by atoms with Crippen molar-refractivity contribution in [3.8, 4) is 0 Å². The molecule has 3 atom stereocenters. The average molecular weight is 302 g/mol. The molecule has 0 spiro atoms. The van der Waals surface area contributed by atoms with Crippen LogP contribution in [-0.4, -0.2) is 11.0 Å². The van der Waals surface area contributed by atoms with Crippen molar-refractivity contribution in [3.63, 3.8) is 0 Å². The van der Waals surface area contributed by atoms with E-state index >= 15 is 0 Å². The highest BCUT2D eigenvalue weighted by atomic mass is 32.1. The van der Waals surface area contributed by atoms with E-state index in [9.17, 15) is 0 Å². The molecule has 3 unspecified atom stereocenters. The Bertz CT molecular complexity index is 588. The predicted molar refractivity (Wildman–Crippen MR) is 93.7 cm³/mol. The first-order valence-electron chi connectivity index (χ1n) is 7.91. The van der Waals surface area contributed by atoms with E-state index in [2.05, 4.69) is 45.1 Å². The summed E-state index contributed by atoms with van der Waals surface area (Å²) in [7, 11) is 0. The lowest BCUT2D eigenvalue weighted by molar-refractivity contribution is 0.155. The number of aryl methyl sites for hydroxylation is 1. The molecule has 1 aromatic carbocycles. The predicted octanol–water partition coefficient (Wildman–Crippen LogP) is 4.26. The molecule has 0 aliphatic heterocycles. The molecule has 1 aromatic rings. The normalized spacial score (nSPS) is 33.1. The van der Waals surface area contributed by atoms with Crippen LogP contribution in [0.2, 0.25) is 0 Å². The van der Waals surface area contributed by atoms with Crippen LogP contribution >= 0.6 is 12.2 Å². The van der Waals surface area contributed by atoms with Gasteiger partial charge in [0.15, 0.2) is 0 Å². The molecule has 0 heterocycles. The number of hydrogen-bond donors (Lipinski definition) is 2. The van der Waals surface area contributed by atoms with Crippen molar-refractivity contribution in [1.82, 2.24) is 0 Å². The van der Waals surface area contributed by atoms with Gasteiger partial charge in [0.1, 0.15) is 4.99 Å². The quantitative estimate of drug-likeness (QED) is 0.820. The Balaban J connectivity index is 1.97. The lowest BCUT2D eigenvalue weighted by Gasteiger charge is -2.44.